The molecule has 1 heterocycles. The number of nitrogens with one attached hydrogen (secondary N) is 1. The summed E-state index contributed by atoms with van der Waals surface area (Å²) in [5, 5.41) is 0. The van der Waals surface area contributed by atoms with Crippen LogP contribution in [0.25, 0.3) is 0 Å². The SMILES string of the molecule is CCC[NH+]1CCCC(C2CCCCC2)C1.[Cl-]. The summed E-state index contributed by atoms with van der Waals surface area (Å²) >= 11 is 0. The molecule has 1 aliphatic carbocycles. The summed E-state index contributed by atoms with van der Waals surface area (Å²) in [6.45, 7) is 6.70. The van der Waals surface area contributed by atoms with Crippen LogP contribution >= 0.6 is 0 Å². The van der Waals surface area contributed by atoms with Gasteiger partial charge in [0.1, 0.15) is 0 Å². The first-order valence-corrected chi connectivity index (χ1v) is 7.23. The molecule has 0 aromatic heterocycles. The zero-order valence-electron chi connectivity index (χ0n) is 10.8. The third-order valence-electron chi connectivity index (χ3n) is 4.58. The van der Waals surface area contributed by atoms with Gasteiger partial charge in [0.2, 0.25) is 0 Å². The fourth-order valence-corrected chi connectivity index (χ4v) is 3.78. The number of halogens is 1. The van der Waals surface area contributed by atoms with Crippen molar-refractivity contribution in [1.29, 1.82) is 0 Å². The molecular weight excluding hydrogens is 218 g/mol. The summed E-state index contributed by atoms with van der Waals surface area (Å²) in [5.74, 6) is 2.19. The molecule has 2 fully saturated rings. The highest BCUT2D eigenvalue weighted by Crippen LogP contribution is 2.32. The molecule has 1 N–H and O–H groups in total. The van der Waals surface area contributed by atoms with Crippen molar-refractivity contribution in [3.63, 3.8) is 0 Å². The van der Waals surface area contributed by atoms with E-state index in [0.717, 1.165) is 11.8 Å². The smallest absolute Gasteiger partial charge is 0.0802 e. The molecule has 1 saturated carbocycles. The van der Waals surface area contributed by atoms with E-state index in [9.17, 15) is 0 Å². The number of likely N-dealkylation sites (tertiary alicyclic amines) is 1. The van der Waals surface area contributed by atoms with Crippen LogP contribution in [-0.4, -0.2) is 19.6 Å². The minimum absolute atomic E-state index is 0. The quantitative estimate of drug-likeness (QED) is 0.669. The van der Waals surface area contributed by atoms with E-state index in [1.54, 1.807) is 12.8 Å². The van der Waals surface area contributed by atoms with Gasteiger partial charge in [-0.1, -0.05) is 26.2 Å². The molecule has 0 bridgehead atoms. The monoisotopic (exact) mass is 245 g/mol. The maximum atomic E-state index is 2.33. The molecule has 2 unspecified atom stereocenters. The Bertz CT molecular complexity index is 176. The van der Waals surface area contributed by atoms with Gasteiger partial charge in [-0.15, -0.1) is 0 Å². The third kappa shape index (κ3) is 3.92. The van der Waals surface area contributed by atoms with Gasteiger partial charge in [-0.3, -0.25) is 0 Å². The zero-order chi connectivity index (χ0) is 10.5. The summed E-state index contributed by atoms with van der Waals surface area (Å²) in [5.41, 5.74) is 0. The predicted octanol–water partition coefficient (Wildman–Crippen LogP) is -0.724. The molecule has 0 aromatic rings. The second kappa shape index (κ2) is 7.55. The Hall–Kier alpha value is 0.250. The Morgan fingerprint density at radius 3 is 2.31 bits per heavy atom. The minimum atomic E-state index is 0. The van der Waals surface area contributed by atoms with Gasteiger partial charge in [0.15, 0.2) is 0 Å². The van der Waals surface area contributed by atoms with Crippen molar-refractivity contribution in [1.82, 2.24) is 0 Å². The highest BCUT2D eigenvalue weighted by molar-refractivity contribution is 4.75. The number of hydrogen-bond donors (Lipinski definition) is 1. The Balaban J connectivity index is 0.00000128. The lowest BCUT2D eigenvalue weighted by atomic mass is 9.76. The number of piperidine rings is 1. The van der Waals surface area contributed by atoms with Crippen LogP contribution in [0.2, 0.25) is 0 Å². The molecule has 1 nitrogen and oxygen atoms in total. The number of rotatable bonds is 3. The molecule has 0 aromatic carbocycles. The van der Waals surface area contributed by atoms with Crippen molar-refractivity contribution in [2.24, 2.45) is 11.8 Å². The van der Waals surface area contributed by atoms with Gasteiger partial charge in [-0.05, 0) is 38.0 Å². The average molecular weight is 246 g/mol. The highest BCUT2D eigenvalue weighted by Gasteiger charge is 2.29. The van der Waals surface area contributed by atoms with Crippen molar-refractivity contribution in [2.75, 3.05) is 19.6 Å². The molecule has 2 rings (SSSR count). The summed E-state index contributed by atoms with van der Waals surface area (Å²) in [6.07, 6.45) is 12.0. The second-order valence-corrected chi connectivity index (χ2v) is 5.75. The van der Waals surface area contributed by atoms with Crippen LogP contribution in [0.15, 0.2) is 0 Å². The summed E-state index contributed by atoms with van der Waals surface area (Å²) in [6, 6.07) is 0. The largest absolute Gasteiger partial charge is 1.00 e. The fraction of sp³-hybridized carbons (Fsp3) is 1.00. The van der Waals surface area contributed by atoms with Crippen LogP contribution in [0.5, 0.6) is 0 Å². The second-order valence-electron chi connectivity index (χ2n) is 5.75. The number of quaternary nitrogens is 1. The molecule has 1 aliphatic heterocycles. The van der Waals surface area contributed by atoms with Crippen molar-refractivity contribution in [3.05, 3.63) is 0 Å². The Labute approximate surface area is 107 Å². The first-order chi connectivity index (χ1) is 7.40. The van der Waals surface area contributed by atoms with E-state index in [1.165, 1.54) is 58.2 Å². The van der Waals surface area contributed by atoms with E-state index in [-0.39, 0.29) is 12.4 Å². The molecule has 0 spiro atoms. The molecule has 2 atom stereocenters. The normalized spacial score (nSPS) is 32.1. The third-order valence-corrected chi connectivity index (χ3v) is 4.58. The van der Waals surface area contributed by atoms with Gasteiger partial charge in [-0.2, -0.15) is 0 Å². The van der Waals surface area contributed by atoms with E-state index < -0.39 is 0 Å². The van der Waals surface area contributed by atoms with Crippen LogP contribution in [0.3, 0.4) is 0 Å². The van der Waals surface area contributed by atoms with E-state index in [2.05, 4.69) is 6.92 Å². The molecular formula is C14H28ClN. The predicted molar refractivity (Wildman–Crippen MR) is 65.2 cm³/mol. The first-order valence-electron chi connectivity index (χ1n) is 7.23. The van der Waals surface area contributed by atoms with Crippen molar-refractivity contribution >= 4 is 0 Å². The van der Waals surface area contributed by atoms with Gasteiger partial charge in [0.25, 0.3) is 0 Å². The Morgan fingerprint density at radius 1 is 0.938 bits per heavy atom. The van der Waals surface area contributed by atoms with Crippen LogP contribution in [0.1, 0.15) is 58.3 Å². The summed E-state index contributed by atoms with van der Waals surface area (Å²) < 4.78 is 0. The number of hydrogen-bond acceptors (Lipinski definition) is 0. The molecule has 96 valence electrons. The molecule has 0 amide bonds. The maximum absolute atomic E-state index is 2.33. The van der Waals surface area contributed by atoms with E-state index in [4.69, 9.17) is 0 Å². The molecule has 2 aliphatic rings. The lowest BCUT2D eigenvalue weighted by Crippen LogP contribution is -3.13. The maximum Gasteiger partial charge on any atom is 0.0802 e. The molecule has 16 heavy (non-hydrogen) atoms. The highest BCUT2D eigenvalue weighted by atomic mass is 35.5. The van der Waals surface area contributed by atoms with E-state index in [1.807, 2.05) is 4.90 Å². The Morgan fingerprint density at radius 2 is 1.62 bits per heavy atom. The van der Waals surface area contributed by atoms with Crippen LogP contribution in [0.4, 0.5) is 0 Å². The van der Waals surface area contributed by atoms with Gasteiger partial charge in [0, 0.05) is 5.92 Å². The average Bonchev–Trinajstić information content (AvgIpc) is 2.31. The lowest BCUT2D eigenvalue weighted by molar-refractivity contribution is -0.909. The van der Waals surface area contributed by atoms with Crippen molar-refractivity contribution < 1.29 is 17.3 Å². The Kier molecular flexibility index (Phi) is 6.75. The molecule has 2 heteroatoms. The van der Waals surface area contributed by atoms with Crippen molar-refractivity contribution in [2.45, 2.75) is 58.3 Å². The summed E-state index contributed by atoms with van der Waals surface area (Å²) in [7, 11) is 0. The standard InChI is InChI=1S/C14H27N.ClH/c1-2-10-15-11-6-9-14(12-15)13-7-4-3-5-8-13;/h13-14H,2-12H2,1H3;1H. The van der Waals surface area contributed by atoms with E-state index in [0.29, 0.717) is 0 Å². The first kappa shape index (κ1) is 14.3. The van der Waals surface area contributed by atoms with Crippen LogP contribution in [0, 0.1) is 11.8 Å². The summed E-state index contributed by atoms with van der Waals surface area (Å²) in [4.78, 5) is 1.90. The van der Waals surface area contributed by atoms with Gasteiger partial charge < -0.3 is 17.3 Å². The van der Waals surface area contributed by atoms with Crippen LogP contribution in [-0.2, 0) is 0 Å². The van der Waals surface area contributed by atoms with Gasteiger partial charge >= 0.3 is 0 Å². The fourth-order valence-electron chi connectivity index (χ4n) is 3.78. The van der Waals surface area contributed by atoms with Crippen molar-refractivity contribution in [3.8, 4) is 0 Å². The van der Waals surface area contributed by atoms with E-state index >= 15 is 0 Å². The topological polar surface area (TPSA) is 4.44 Å². The zero-order valence-corrected chi connectivity index (χ0v) is 11.6. The van der Waals surface area contributed by atoms with Gasteiger partial charge in [-0.25, -0.2) is 0 Å². The lowest BCUT2D eigenvalue weighted by Gasteiger charge is -2.36. The van der Waals surface area contributed by atoms with Gasteiger partial charge in [0.05, 0.1) is 19.6 Å². The minimum Gasteiger partial charge on any atom is -1.00 e. The van der Waals surface area contributed by atoms with Crippen LogP contribution < -0.4 is 17.3 Å². The molecule has 0 radical (unpaired) electrons. The molecule has 1 saturated heterocycles.